The van der Waals surface area contributed by atoms with Gasteiger partial charge in [0.25, 0.3) is 0 Å². The fourth-order valence-electron chi connectivity index (χ4n) is 2.81. The van der Waals surface area contributed by atoms with Crippen LogP contribution in [0.3, 0.4) is 0 Å². The van der Waals surface area contributed by atoms with Crippen LogP contribution in [0.2, 0.25) is 0 Å². The van der Waals surface area contributed by atoms with Gasteiger partial charge in [-0.05, 0) is 31.6 Å². The van der Waals surface area contributed by atoms with Gasteiger partial charge < -0.3 is 5.32 Å². The molecular weight excluding hydrogens is 228 g/mol. The normalized spacial score (nSPS) is 28.2. The number of nitrogens with one attached hydrogen (secondary N) is 1. The Morgan fingerprint density at radius 2 is 2.00 bits per heavy atom. The van der Waals surface area contributed by atoms with Crippen LogP contribution in [0.5, 0.6) is 0 Å². The number of hydrogen-bond acceptors (Lipinski definition) is 3. The molecule has 17 heavy (non-hydrogen) atoms. The van der Waals surface area contributed by atoms with Crippen LogP contribution in [0.15, 0.2) is 4.99 Å². The van der Waals surface area contributed by atoms with E-state index < -0.39 is 0 Å². The van der Waals surface area contributed by atoms with E-state index in [-0.39, 0.29) is 0 Å². The second-order valence-corrected chi connectivity index (χ2v) is 8.33. The largest absolute Gasteiger partial charge is 0.360 e. The molecule has 1 unspecified atom stereocenters. The molecule has 1 aliphatic carbocycles. The first-order valence-electron chi connectivity index (χ1n) is 6.86. The molecule has 0 amide bonds. The Morgan fingerprint density at radius 3 is 2.59 bits per heavy atom. The fraction of sp³-hybridized carbons (Fsp3) is 0.929. The third-order valence-electron chi connectivity index (χ3n) is 3.67. The molecule has 1 N–H and O–H groups in total. The molecule has 2 aliphatic rings. The molecule has 1 aliphatic heterocycles. The summed E-state index contributed by atoms with van der Waals surface area (Å²) in [4.78, 5) is 4.68. The van der Waals surface area contributed by atoms with Gasteiger partial charge in [-0.25, -0.2) is 0 Å². The highest BCUT2D eigenvalue weighted by molar-refractivity contribution is 8.14. The molecule has 0 aromatic heterocycles. The zero-order valence-corrected chi connectivity index (χ0v) is 12.5. The van der Waals surface area contributed by atoms with Crippen molar-refractivity contribution in [3.63, 3.8) is 0 Å². The van der Waals surface area contributed by atoms with E-state index in [4.69, 9.17) is 0 Å². The van der Waals surface area contributed by atoms with Gasteiger partial charge in [0, 0.05) is 10.8 Å². The van der Waals surface area contributed by atoms with E-state index >= 15 is 0 Å². The van der Waals surface area contributed by atoms with Crippen molar-refractivity contribution >= 4 is 16.9 Å². The third-order valence-corrected chi connectivity index (χ3v) is 4.78. The van der Waals surface area contributed by atoms with Gasteiger partial charge in [-0.15, -0.1) is 0 Å². The summed E-state index contributed by atoms with van der Waals surface area (Å²) in [5, 5.41) is 5.56. The lowest BCUT2D eigenvalue weighted by Crippen LogP contribution is -2.42. The lowest BCUT2D eigenvalue weighted by Gasteiger charge is -2.27. The average Bonchev–Trinajstić information content (AvgIpc) is 2.74. The zero-order valence-electron chi connectivity index (χ0n) is 11.7. The smallest absolute Gasteiger partial charge is 0.157 e. The van der Waals surface area contributed by atoms with Gasteiger partial charge in [0.2, 0.25) is 0 Å². The van der Waals surface area contributed by atoms with Crippen molar-refractivity contribution in [2.75, 3.05) is 6.54 Å². The minimum absolute atomic E-state index is 0.322. The molecular formula is C14H26N2S. The van der Waals surface area contributed by atoms with Crippen LogP contribution in [-0.4, -0.2) is 22.5 Å². The molecule has 3 heteroatoms. The Labute approximate surface area is 110 Å². The minimum Gasteiger partial charge on any atom is -0.360 e. The molecule has 0 bridgehead atoms. The second kappa shape index (κ2) is 4.83. The van der Waals surface area contributed by atoms with E-state index in [1.165, 1.54) is 37.3 Å². The summed E-state index contributed by atoms with van der Waals surface area (Å²) in [7, 11) is 0. The highest BCUT2D eigenvalue weighted by Crippen LogP contribution is 2.34. The maximum Gasteiger partial charge on any atom is 0.157 e. The Kier molecular flexibility index (Phi) is 3.77. The Morgan fingerprint density at radius 1 is 1.35 bits per heavy atom. The van der Waals surface area contributed by atoms with Gasteiger partial charge in [0.15, 0.2) is 5.17 Å². The fourth-order valence-corrected chi connectivity index (χ4v) is 4.32. The van der Waals surface area contributed by atoms with E-state index in [0.717, 1.165) is 6.54 Å². The number of amidine groups is 1. The lowest BCUT2D eigenvalue weighted by atomic mass is 9.90. The van der Waals surface area contributed by atoms with Gasteiger partial charge in [0.1, 0.15) is 0 Å². The van der Waals surface area contributed by atoms with Gasteiger partial charge in [0.05, 0.1) is 6.54 Å². The van der Waals surface area contributed by atoms with Gasteiger partial charge >= 0.3 is 0 Å². The summed E-state index contributed by atoms with van der Waals surface area (Å²) in [6.07, 6.45) is 6.59. The zero-order chi connectivity index (χ0) is 12.5. The van der Waals surface area contributed by atoms with Crippen molar-refractivity contribution < 1.29 is 0 Å². The van der Waals surface area contributed by atoms with E-state index in [9.17, 15) is 0 Å². The number of nitrogens with zero attached hydrogens (tertiary/aromatic N) is 1. The van der Waals surface area contributed by atoms with Crippen molar-refractivity contribution in [3.8, 4) is 0 Å². The van der Waals surface area contributed by atoms with E-state index in [1.807, 2.05) is 11.8 Å². The third kappa shape index (κ3) is 3.90. The van der Waals surface area contributed by atoms with E-state index in [2.05, 4.69) is 38.0 Å². The number of hydrogen-bond donors (Lipinski definition) is 1. The lowest BCUT2D eigenvalue weighted by molar-refractivity contribution is 0.375. The van der Waals surface area contributed by atoms with Gasteiger partial charge in [-0.3, -0.25) is 4.99 Å². The van der Waals surface area contributed by atoms with Gasteiger partial charge in [-0.1, -0.05) is 45.4 Å². The first kappa shape index (κ1) is 13.3. The van der Waals surface area contributed by atoms with Gasteiger partial charge in [-0.2, -0.15) is 0 Å². The summed E-state index contributed by atoms with van der Waals surface area (Å²) >= 11 is 1.96. The average molecular weight is 254 g/mol. The Bertz CT molecular complexity index is 298. The van der Waals surface area contributed by atoms with Crippen LogP contribution >= 0.6 is 11.8 Å². The molecule has 1 saturated carbocycles. The molecule has 1 heterocycles. The van der Waals surface area contributed by atoms with Crippen molar-refractivity contribution in [1.29, 1.82) is 0 Å². The molecule has 0 radical (unpaired) electrons. The van der Waals surface area contributed by atoms with Crippen molar-refractivity contribution in [2.45, 2.75) is 70.6 Å². The predicted molar refractivity (Wildman–Crippen MR) is 77.8 cm³/mol. The maximum atomic E-state index is 4.68. The minimum atomic E-state index is 0.322. The Hall–Kier alpha value is -0.180. The summed E-state index contributed by atoms with van der Waals surface area (Å²) in [6.45, 7) is 10.3. The maximum absolute atomic E-state index is 4.68. The monoisotopic (exact) mass is 254 g/mol. The molecule has 98 valence electrons. The van der Waals surface area contributed by atoms with Crippen LogP contribution in [0, 0.1) is 5.41 Å². The first-order chi connectivity index (χ1) is 7.86. The molecule has 2 nitrogen and oxygen atoms in total. The standard InChI is InChI=1S/C14H26N2S/c1-13(2,3)9-11-10-15-12(17-11)16-14(4)7-5-6-8-14/h11H,5-10H2,1-4H3,(H,15,16). The van der Waals surface area contributed by atoms with Crippen molar-refractivity contribution in [3.05, 3.63) is 0 Å². The molecule has 0 aromatic rings. The molecule has 1 atom stereocenters. The number of aliphatic imine (C=N–C) groups is 1. The summed E-state index contributed by atoms with van der Waals surface area (Å²) in [5.74, 6) is 0. The summed E-state index contributed by atoms with van der Waals surface area (Å²) < 4.78 is 0. The van der Waals surface area contributed by atoms with Crippen molar-refractivity contribution in [2.24, 2.45) is 10.4 Å². The molecule has 0 saturated heterocycles. The number of rotatable bonds is 2. The second-order valence-electron chi connectivity index (χ2n) is 7.04. The molecule has 2 rings (SSSR count). The first-order valence-corrected chi connectivity index (χ1v) is 7.74. The highest BCUT2D eigenvalue weighted by Gasteiger charge is 2.32. The van der Waals surface area contributed by atoms with E-state index in [1.54, 1.807) is 0 Å². The summed E-state index contributed by atoms with van der Waals surface area (Å²) in [6, 6.07) is 0. The van der Waals surface area contributed by atoms with Crippen molar-refractivity contribution in [1.82, 2.24) is 5.32 Å². The van der Waals surface area contributed by atoms with Crippen LogP contribution in [0.1, 0.15) is 59.8 Å². The Balaban J connectivity index is 1.81. The quantitative estimate of drug-likeness (QED) is 0.810. The van der Waals surface area contributed by atoms with E-state index in [0.29, 0.717) is 16.2 Å². The van der Waals surface area contributed by atoms with Crippen LogP contribution in [-0.2, 0) is 0 Å². The van der Waals surface area contributed by atoms with Crippen LogP contribution < -0.4 is 5.32 Å². The highest BCUT2D eigenvalue weighted by atomic mass is 32.2. The topological polar surface area (TPSA) is 24.4 Å². The predicted octanol–water partition coefficient (Wildman–Crippen LogP) is 3.82. The molecule has 0 aromatic carbocycles. The summed E-state index contributed by atoms with van der Waals surface area (Å²) in [5.41, 5.74) is 0.738. The number of thioether (sulfide) groups is 1. The van der Waals surface area contributed by atoms with Crippen LogP contribution in [0.25, 0.3) is 0 Å². The SMILES string of the molecule is CC(C)(C)CC1CN=C(NC2(C)CCCC2)S1. The molecule has 0 spiro atoms. The van der Waals surface area contributed by atoms with Crippen LogP contribution in [0.4, 0.5) is 0 Å². The molecule has 1 fully saturated rings.